The van der Waals surface area contributed by atoms with Crippen LogP contribution in [0, 0.1) is 0 Å². The quantitative estimate of drug-likeness (QED) is 0.623. The van der Waals surface area contributed by atoms with Gasteiger partial charge in [-0.15, -0.1) is 0 Å². The Kier molecular flexibility index (Phi) is 5.81. The molecule has 1 aliphatic carbocycles. The number of nitrogens with one attached hydrogen (secondary N) is 2. The van der Waals surface area contributed by atoms with E-state index < -0.39 is 10.0 Å². The van der Waals surface area contributed by atoms with Gasteiger partial charge >= 0.3 is 0 Å². The smallest absolute Gasteiger partial charge is 0.241 e. The number of hydrogen-bond donors (Lipinski definition) is 2. The van der Waals surface area contributed by atoms with Gasteiger partial charge in [-0.2, -0.15) is 0 Å². The molecule has 0 saturated heterocycles. The largest absolute Gasteiger partial charge is 0.313 e. The van der Waals surface area contributed by atoms with E-state index in [2.05, 4.69) is 15.0 Å². The lowest BCUT2D eigenvalue weighted by Gasteiger charge is -2.16. The molecule has 0 unspecified atom stereocenters. The Morgan fingerprint density at radius 2 is 1.83 bits per heavy atom. The van der Waals surface area contributed by atoms with Gasteiger partial charge in [-0.3, -0.25) is 4.98 Å². The van der Waals surface area contributed by atoms with Gasteiger partial charge in [0.15, 0.2) is 0 Å². The number of benzene rings is 1. The van der Waals surface area contributed by atoms with E-state index in [9.17, 15) is 8.42 Å². The summed E-state index contributed by atoms with van der Waals surface area (Å²) in [5.74, 6) is 0. The first kappa shape index (κ1) is 17.3. The van der Waals surface area contributed by atoms with Crippen LogP contribution in [0.4, 0.5) is 0 Å². The fourth-order valence-corrected chi connectivity index (χ4v) is 4.61. The Bertz CT molecular complexity index is 763. The molecule has 1 fully saturated rings. The maximum absolute atomic E-state index is 12.6. The van der Waals surface area contributed by atoms with Gasteiger partial charge in [0.05, 0.1) is 4.90 Å². The molecule has 0 aliphatic heterocycles. The van der Waals surface area contributed by atoms with Crippen molar-refractivity contribution in [1.29, 1.82) is 0 Å². The summed E-state index contributed by atoms with van der Waals surface area (Å²) < 4.78 is 27.9. The number of aromatic nitrogens is 1. The minimum absolute atomic E-state index is 0.317. The summed E-state index contributed by atoms with van der Waals surface area (Å²) >= 11 is 0. The van der Waals surface area contributed by atoms with Gasteiger partial charge in [0.1, 0.15) is 0 Å². The summed E-state index contributed by atoms with van der Waals surface area (Å²) in [6.45, 7) is 1.07. The highest BCUT2D eigenvalue weighted by molar-refractivity contribution is 7.89. The van der Waals surface area contributed by atoms with Crippen molar-refractivity contribution >= 4 is 20.8 Å². The van der Waals surface area contributed by atoms with Crippen molar-refractivity contribution in [3.05, 3.63) is 36.7 Å². The molecule has 0 radical (unpaired) electrons. The summed E-state index contributed by atoms with van der Waals surface area (Å²) in [5, 5.41) is 5.02. The zero-order chi connectivity index (χ0) is 16.8. The molecule has 1 heterocycles. The molecule has 6 heteroatoms. The lowest BCUT2D eigenvalue weighted by molar-refractivity contribution is 0.461. The molecule has 2 aromatic rings. The molecule has 5 nitrogen and oxygen atoms in total. The fourth-order valence-electron chi connectivity index (χ4n) is 3.35. The minimum atomic E-state index is -3.51. The van der Waals surface area contributed by atoms with Crippen molar-refractivity contribution in [2.24, 2.45) is 0 Å². The van der Waals surface area contributed by atoms with Crippen LogP contribution in [-0.2, 0) is 10.0 Å². The van der Waals surface area contributed by atoms with Crippen molar-refractivity contribution in [3.8, 4) is 0 Å². The number of nitrogens with zero attached hydrogens (tertiary/aromatic N) is 1. The highest BCUT2D eigenvalue weighted by Gasteiger charge is 2.17. The van der Waals surface area contributed by atoms with Crippen molar-refractivity contribution in [3.63, 3.8) is 0 Å². The van der Waals surface area contributed by atoms with Crippen LogP contribution < -0.4 is 10.0 Å². The maximum atomic E-state index is 12.6. The van der Waals surface area contributed by atoms with E-state index in [0.717, 1.165) is 5.39 Å². The molecule has 3 rings (SSSR count). The molecule has 24 heavy (non-hydrogen) atoms. The number of sulfonamides is 1. The molecular weight excluding hydrogens is 322 g/mol. The van der Waals surface area contributed by atoms with Crippen LogP contribution in [0.15, 0.2) is 41.6 Å². The average Bonchev–Trinajstić information content (AvgIpc) is 2.87. The number of pyridine rings is 1. The van der Waals surface area contributed by atoms with Crippen LogP contribution in [-0.4, -0.2) is 32.5 Å². The SMILES string of the molecule is O=S(=O)(NCCNC1CCCCCC1)c1cccc2cnccc12. The van der Waals surface area contributed by atoms with E-state index in [-0.39, 0.29) is 0 Å². The highest BCUT2D eigenvalue weighted by atomic mass is 32.2. The molecule has 1 aromatic carbocycles. The molecule has 0 amide bonds. The topological polar surface area (TPSA) is 71.1 Å². The molecule has 0 spiro atoms. The van der Waals surface area contributed by atoms with E-state index in [1.54, 1.807) is 30.6 Å². The van der Waals surface area contributed by atoms with Gasteiger partial charge in [0, 0.05) is 42.3 Å². The van der Waals surface area contributed by atoms with Crippen LogP contribution in [0.3, 0.4) is 0 Å². The fraction of sp³-hybridized carbons (Fsp3) is 0.500. The molecular formula is C18H25N3O2S. The standard InChI is InChI=1S/C18H25N3O2S/c22-24(23,18-9-5-6-15-14-19-11-10-17(15)18)21-13-12-20-16-7-3-1-2-4-8-16/h5-6,9-11,14,16,20-21H,1-4,7-8,12-13H2. The molecule has 130 valence electrons. The lowest BCUT2D eigenvalue weighted by Crippen LogP contribution is -2.36. The normalized spacial score (nSPS) is 17.0. The predicted octanol–water partition coefficient (Wildman–Crippen LogP) is 2.83. The monoisotopic (exact) mass is 347 g/mol. The molecule has 2 N–H and O–H groups in total. The summed E-state index contributed by atoms with van der Waals surface area (Å²) in [6, 6.07) is 7.54. The molecule has 0 atom stereocenters. The van der Waals surface area contributed by atoms with Gasteiger partial charge in [0.25, 0.3) is 0 Å². The second-order valence-corrected chi connectivity index (χ2v) is 8.13. The first-order chi connectivity index (χ1) is 11.7. The summed E-state index contributed by atoms with van der Waals surface area (Å²) in [5.41, 5.74) is 0. The van der Waals surface area contributed by atoms with E-state index in [0.29, 0.717) is 29.4 Å². The van der Waals surface area contributed by atoms with Crippen molar-refractivity contribution in [2.45, 2.75) is 49.5 Å². The van der Waals surface area contributed by atoms with Gasteiger partial charge in [-0.1, -0.05) is 37.8 Å². The lowest BCUT2D eigenvalue weighted by atomic mass is 10.1. The third-order valence-corrected chi connectivity index (χ3v) is 6.15. The third kappa shape index (κ3) is 4.32. The van der Waals surface area contributed by atoms with E-state index in [1.165, 1.54) is 38.5 Å². The first-order valence-electron chi connectivity index (χ1n) is 8.72. The number of hydrogen-bond acceptors (Lipinski definition) is 4. The van der Waals surface area contributed by atoms with Crippen molar-refractivity contribution in [2.75, 3.05) is 13.1 Å². The predicted molar refractivity (Wildman–Crippen MR) is 96.4 cm³/mol. The van der Waals surface area contributed by atoms with Crippen LogP contribution in [0.1, 0.15) is 38.5 Å². The van der Waals surface area contributed by atoms with Crippen molar-refractivity contribution < 1.29 is 8.42 Å². The summed E-state index contributed by atoms with van der Waals surface area (Å²) in [4.78, 5) is 4.36. The van der Waals surface area contributed by atoms with Crippen LogP contribution in [0.2, 0.25) is 0 Å². The van der Waals surface area contributed by atoms with Crippen LogP contribution >= 0.6 is 0 Å². The van der Waals surface area contributed by atoms with Crippen molar-refractivity contribution in [1.82, 2.24) is 15.0 Å². The van der Waals surface area contributed by atoms with Gasteiger partial charge in [-0.05, 0) is 25.0 Å². The van der Waals surface area contributed by atoms with E-state index in [1.807, 2.05) is 6.07 Å². The maximum Gasteiger partial charge on any atom is 0.241 e. The second-order valence-electron chi connectivity index (χ2n) is 6.39. The van der Waals surface area contributed by atoms with Gasteiger partial charge < -0.3 is 5.32 Å². The average molecular weight is 347 g/mol. The van der Waals surface area contributed by atoms with Crippen LogP contribution in [0.25, 0.3) is 10.8 Å². The molecule has 1 saturated carbocycles. The number of rotatable bonds is 6. The Morgan fingerprint density at radius 3 is 2.62 bits per heavy atom. The zero-order valence-electron chi connectivity index (χ0n) is 13.9. The third-order valence-electron chi connectivity index (χ3n) is 4.64. The number of fused-ring (bicyclic) bond motifs is 1. The van der Waals surface area contributed by atoms with E-state index >= 15 is 0 Å². The molecule has 0 bridgehead atoms. The Hall–Kier alpha value is -1.50. The zero-order valence-corrected chi connectivity index (χ0v) is 14.7. The van der Waals surface area contributed by atoms with Gasteiger partial charge in [0.2, 0.25) is 10.0 Å². The Balaban J connectivity index is 1.59. The summed E-state index contributed by atoms with van der Waals surface area (Å²) in [6.07, 6.45) is 10.9. The molecule has 1 aliphatic rings. The Labute approximate surface area is 143 Å². The highest BCUT2D eigenvalue weighted by Crippen LogP contribution is 2.21. The Morgan fingerprint density at radius 1 is 1.04 bits per heavy atom. The van der Waals surface area contributed by atoms with Gasteiger partial charge in [-0.25, -0.2) is 13.1 Å². The first-order valence-corrected chi connectivity index (χ1v) is 10.2. The van der Waals surface area contributed by atoms with Crippen LogP contribution in [0.5, 0.6) is 0 Å². The minimum Gasteiger partial charge on any atom is -0.313 e. The summed E-state index contributed by atoms with van der Waals surface area (Å²) in [7, 11) is -3.51. The van der Waals surface area contributed by atoms with E-state index in [4.69, 9.17) is 0 Å². The molecule has 1 aromatic heterocycles. The second kappa shape index (κ2) is 8.05.